The summed E-state index contributed by atoms with van der Waals surface area (Å²) in [5.74, 6) is -1.07. The van der Waals surface area contributed by atoms with E-state index in [1.165, 1.54) is 0 Å². The van der Waals surface area contributed by atoms with Gasteiger partial charge in [0.15, 0.2) is 6.61 Å². The van der Waals surface area contributed by atoms with Crippen molar-refractivity contribution in [3.8, 4) is 0 Å². The van der Waals surface area contributed by atoms with Gasteiger partial charge in [0.2, 0.25) is 0 Å². The number of aryl methyl sites for hydroxylation is 1. The maximum absolute atomic E-state index is 12.9. The lowest BCUT2D eigenvalue weighted by Gasteiger charge is -2.26. The normalized spacial score (nSPS) is 18.5. The van der Waals surface area contributed by atoms with Gasteiger partial charge in [-0.3, -0.25) is 19.3 Å². The van der Waals surface area contributed by atoms with Crippen molar-refractivity contribution in [3.05, 3.63) is 35.4 Å². The average molecular weight is 432 g/mol. The molecule has 1 atom stereocenters. The Morgan fingerprint density at radius 2 is 1.61 bits per heavy atom. The van der Waals surface area contributed by atoms with Gasteiger partial charge in [-0.15, -0.1) is 0 Å². The molecule has 0 spiro atoms. The molecule has 170 valence electrons. The van der Waals surface area contributed by atoms with E-state index in [2.05, 4.69) is 5.32 Å². The molecule has 1 saturated heterocycles. The molecule has 8 heteroatoms. The third kappa shape index (κ3) is 6.06. The van der Waals surface area contributed by atoms with Crippen molar-refractivity contribution in [2.45, 2.75) is 47.1 Å². The molecular formula is C23H33N3O5. The zero-order valence-corrected chi connectivity index (χ0v) is 19.2. The molecule has 8 nitrogen and oxygen atoms in total. The van der Waals surface area contributed by atoms with Crippen molar-refractivity contribution in [2.24, 2.45) is 11.8 Å². The highest BCUT2D eigenvalue weighted by atomic mass is 16.5. The molecule has 31 heavy (non-hydrogen) atoms. The number of amides is 4. The Bertz CT molecular complexity index is 824. The first kappa shape index (κ1) is 24.4. The molecule has 1 heterocycles. The Morgan fingerprint density at radius 1 is 1.06 bits per heavy atom. The topological polar surface area (TPSA) is 96.0 Å². The maximum Gasteiger partial charge on any atom is 0.326 e. The van der Waals surface area contributed by atoms with Crippen LogP contribution in [-0.2, 0) is 24.7 Å². The Balaban J connectivity index is 1.98. The second-order valence-corrected chi connectivity index (χ2v) is 9.06. The van der Waals surface area contributed by atoms with Crippen LogP contribution in [0.5, 0.6) is 0 Å². The second kappa shape index (κ2) is 9.94. The number of esters is 1. The van der Waals surface area contributed by atoms with Crippen molar-refractivity contribution >= 4 is 23.8 Å². The zero-order chi connectivity index (χ0) is 23.3. The minimum Gasteiger partial charge on any atom is -0.454 e. The number of urea groups is 1. The van der Waals surface area contributed by atoms with Crippen LogP contribution in [0.15, 0.2) is 24.3 Å². The number of nitrogens with zero attached hydrogens (tertiary/aromatic N) is 2. The molecule has 1 N–H and O–H groups in total. The fourth-order valence-corrected chi connectivity index (χ4v) is 3.49. The van der Waals surface area contributed by atoms with Crippen LogP contribution in [0.1, 0.15) is 45.7 Å². The molecule has 1 aliphatic heterocycles. The molecule has 0 bridgehead atoms. The number of carbonyl (C=O) groups is 4. The number of hydrogen-bond acceptors (Lipinski definition) is 5. The van der Waals surface area contributed by atoms with Gasteiger partial charge in [-0.2, -0.15) is 0 Å². The summed E-state index contributed by atoms with van der Waals surface area (Å²) in [6.07, 6.45) is 0. The van der Waals surface area contributed by atoms with Gasteiger partial charge in [0, 0.05) is 13.1 Å². The summed E-state index contributed by atoms with van der Waals surface area (Å²) in [6.45, 7) is 11.7. The Hall–Kier alpha value is -2.90. The zero-order valence-electron chi connectivity index (χ0n) is 19.2. The molecule has 0 unspecified atom stereocenters. The predicted octanol–water partition coefficient (Wildman–Crippen LogP) is 2.45. The minimum absolute atomic E-state index is 0.281. The van der Waals surface area contributed by atoms with Crippen LogP contribution in [0.4, 0.5) is 4.79 Å². The summed E-state index contributed by atoms with van der Waals surface area (Å²) < 4.78 is 5.09. The van der Waals surface area contributed by atoms with Gasteiger partial charge in [-0.1, -0.05) is 57.5 Å². The third-order valence-electron chi connectivity index (χ3n) is 5.07. The van der Waals surface area contributed by atoms with Gasteiger partial charge in [-0.05, 0) is 31.2 Å². The van der Waals surface area contributed by atoms with Crippen LogP contribution in [0.3, 0.4) is 0 Å². The first-order valence-corrected chi connectivity index (χ1v) is 10.6. The number of carbonyl (C=O) groups excluding carboxylic acids is 4. The molecule has 1 aromatic rings. The molecule has 1 fully saturated rings. The minimum atomic E-state index is -1.26. The highest BCUT2D eigenvalue weighted by Crippen LogP contribution is 2.28. The molecule has 0 aliphatic carbocycles. The first-order chi connectivity index (χ1) is 14.4. The maximum atomic E-state index is 12.9. The number of imide groups is 1. The summed E-state index contributed by atoms with van der Waals surface area (Å²) in [4.78, 5) is 52.6. The van der Waals surface area contributed by atoms with Crippen LogP contribution < -0.4 is 5.32 Å². The Kier molecular flexibility index (Phi) is 7.81. The van der Waals surface area contributed by atoms with Crippen LogP contribution >= 0.6 is 0 Å². The van der Waals surface area contributed by atoms with Gasteiger partial charge < -0.3 is 15.0 Å². The summed E-state index contributed by atoms with van der Waals surface area (Å²) in [5, 5.41) is 2.65. The lowest BCUT2D eigenvalue weighted by atomic mass is 9.91. The molecule has 0 radical (unpaired) electrons. The van der Waals surface area contributed by atoms with E-state index in [-0.39, 0.29) is 17.7 Å². The van der Waals surface area contributed by atoms with Gasteiger partial charge in [0.1, 0.15) is 12.1 Å². The van der Waals surface area contributed by atoms with Crippen LogP contribution in [0.2, 0.25) is 0 Å². The van der Waals surface area contributed by atoms with Gasteiger partial charge in [-0.25, -0.2) is 4.79 Å². The molecule has 1 aromatic carbocycles. The van der Waals surface area contributed by atoms with Crippen molar-refractivity contribution in [2.75, 3.05) is 26.2 Å². The number of hydrogen-bond donors (Lipinski definition) is 1. The number of ether oxygens (including phenoxy) is 1. The van der Waals surface area contributed by atoms with Gasteiger partial charge >= 0.3 is 12.0 Å². The number of nitrogens with one attached hydrogen (secondary N) is 1. The quantitative estimate of drug-likeness (QED) is 0.479. The molecule has 2 rings (SSSR count). The van der Waals surface area contributed by atoms with Gasteiger partial charge in [0.05, 0.1) is 0 Å². The van der Waals surface area contributed by atoms with E-state index in [4.69, 9.17) is 4.74 Å². The molecule has 0 aromatic heterocycles. The van der Waals surface area contributed by atoms with E-state index in [1.54, 1.807) is 24.0 Å². The van der Waals surface area contributed by atoms with E-state index < -0.39 is 36.6 Å². The van der Waals surface area contributed by atoms with E-state index in [0.29, 0.717) is 18.7 Å². The van der Waals surface area contributed by atoms with Gasteiger partial charge in [0.25, 0.3) is 11.8 Å². The third-order valence-corrected chi connectivity index (χ3v) is 5.07. The standard InChI is InChI=1S/C23H33N3O5/c1-15(2)11-25(12-16(3)4)19(27)14-31-20(28)13-26-21(29)23(6,24-22(26)30)18-9-7-17(5)8-10-18/h7-10,15-16H,11-14H2,1-6H3,(H,24,30)/t23-/m0/s1. The summed E-state index contributed by atoms with van der Waals surface area (Å²) in [6, 6.07) is 6.57. The van der Waals surface area contributed by atoms with Crippen molar-refractivity contribution in [1.82, 2.24) is 15.1 Å². The Morgan fingerprint density at radius 3 is 2.13 bits per heavy atom. The van der Waals surface area contributed by atoms with E-state index in [0.717, 1.165) is 10.5 Å². The number of rotatable bonds is 9. The highest BCUT2D eigenvalue weighted by Gasteiger charge is 2.49. The molecule has 4 amide bonds. The fraction of sp³-hybridized carbons (Fsp3) is 0.565. The smallest absolute Gasteiger partial charge is 0.326 e. The lowest BCUT2D eigenvalue weighted by Crippen LogP contribution is -2.42. The van der Waals surface area contributed by atoms with E-state index in [9.17, 15) is 19.2 Å². The van der Waals surface area contributed by atoms with Crippen LogP contribution in [0, 0.1) is 18.8 Å². The monoisotopic (exact) mass is 431 g/mol. The van der Waals surface area contributed by atoms with Crippen LogP contribution in [-0.4, -0.2) is 59.9 Å². The molecular weight excluding hydrogens is 398 g/mol. The van der Waals surface area contributed by atoms with Crippen molar-refractivity contribution in [3.63, 3.8) is 0 Å². The average Bonchev–Trinajstić information content (AvgIpc) is 2.89. The van der Waals surface area contributed by atoms with Crippen molar-refractivity contribution in [1.29, 1.82) is 0 Å². The van der Waals surface area contributed by atoms with Crippen molar-refractivity contribution < 1.29 is 23.9 Å². The fourth-order valence-electron chi connectivity index (χ4n) is 3.49. The Labute approximate surface area is 183 Å². The lowest BCUT2D eigenvalue weighted by molar-refractivity contribution is -0.154. The van der Waals surface area contributed by atoms with E-state index >= 15 is 0 Å². The first-order valence-electron chi connectivity index (χ1n) is 10.6. The molecule has 1 aliphatic rings. The second-order valence-electron chi connectivity index (χ2n) is 9.06. The summed E-state index contributed by atoms with van der Waals surface area (Å²) >= 11 is 0. The SMILES string of the molecule is Cc1ccc([C@]2(C)NC(=O)N(CC(=O)OCC(=O)N(CC(C)C)CC(C)C)C2=O)cc1. The number of benzene rings is 1. The largest absolute Gasteiger partial charge is 0.454 e. The highest BCUT2D eigenvalue weighted by molar-refractivity contribution is 6.08. The van der Waals surface area contributed by atoms with Crippen LogP contribution in [0.25, 0.3) is 0 Å². The summed E-state index contributed by atoms with van der Waals surface area (Å²) in [7, 11) is 0. The predicted molar refractivity (Wildman–Crippen MR) is 116 cm³/mol. The molecule has 0 saturated carbocycles. The summed E-state index contributed by atoms with van der Waals surface area (Å²) in [5.41, 5.74) is 0.394. The van der Waals surface area contributed by atoms with E-state index in [1.807, 2.05) is 46.8 Å².